The molecule has 2 atom stereocenters. The molecule has 5 nitrogen and oxygen atoms in total. The number of rotatable bonds is 6. The standard InChI is InChI=1S/C23H27NO4/c1-15(2)19(22(26)24-12-6-9-20(24)23(27)28-3)14-21(25)18-11-10-16-7-4-5-8-17(16)13-18/h4-5,7-8,10-11,13,15,19-20H,6,9,12,14H2,1-3H3/t19-,20-/m0/s1. The van der Waals surface area contributed by atoms with Gasteiger partial charge in [-0.2, -0.15) is 0 Å². The van der Waals surface area contributed by atoms with Crippen LogP contribution in [0.25, 0.3) is 10.8 Å². The predicted octanol–water partition coefficient (Wildman–Crippen LogP) is 3.85. The predicted molar refractivity (Wildman–Crippen MR) is 108 cm³/mol. The lowest BCUT2D eigenvalue weighted by molar-refractivity contribution is -0.152. The molecule has 1 saturated heterocycles. The Morgan fingerprint density at radius 3 is 2.50 bits per heavy atom. The van der Waals surface area contributed by atoms with Crippen molar-refractivity contribution in [3.8, 4) is 0 Å². The first-order chi connectivity index (χ1) is 13.4. The Balaban J connectivity index is 1.79. The van der Waals surface area contributed by atoms with Crippen molar-refractivity contribution >= 4 is 28.4 Å². The van der Waals surface area contributed by atoms with Crippen LogP contribution in [0.1, 0.15) is 43.5 Å². The monoisotopic (exact) mass is 381 g/mol. The number of carbonyl (C=O) groups excluding carboxylic acids is 3. The summed E-state index contributed by atoms with van der Waals surface area (Å²) in [5.41, 5.74) is 0.614. The molecule has 2 aromatic carbocycles. The third-order valence-corrected chi connectivity index (χ3v) is 5.61. The van der Waals surface area contributed by atoms with Crippen LogP contribution in [0.3, 0.4) is 0 Å². The SMILES string of the molecule is COC(=O)[C@@H]1CCCN1C(=O)[C@@H](CC(=O)c1ccc2ccccc2c1)C(C)C. The van der Waals surface area contributed by atoms with Crippen molar-refractivity contribution in [3.63, 3.8) is 0 Å². The van der Waals surface area contributed by atoms with Gasteiger partial charge in [0.05, 0.1) is 7.11 Å². The molecule has 1 aliphatic heterocycles. The summed E-state index contributed by atoms with van der Waals surface area (Å²) < 4.78 is 4.85. The van der Waals surface area contributed by atoms with Crippen LogP contribution >= 0.6 is 0 Å². The first kappa shape index (κ1) is 20.1. The van der Waals surface area contributed by atoms with Crippen LogP contribution in [-0.4, -0.2) is 42.3 Å². The summed E-state index contributed by atoms with van der Waals surface area (Å²) in [6.07, 6.45) is 1.52. The van der Waals surface area contributed by atoms with Crippen LogP contribution in [0.4, 0.5) is 0 Å². The van der Waals surface area contributed by atoms with E-state index in [2.05, 4.69) is 0 Å². The molecule has 0 aliphatic carbocycles. The Morgan fingerprint density at radius 2 is 1.82 bits per heavy atom. The largest absolute Gasteiger partial charge is 0.467 e. The first-order valence-electron chi connectivity index (χ1n) is 9.82. The molecule has 0 spiro atoms. The van der Waals surface area contributed by atoms with E-state index in [9.17, 15) is 14.4 Å². The number of hydrogen-bond donors (Lipinski definition) is 0. The van der Waals surface area contributed by atoms with Crippen molar-refractivity contribution in [1.29, 1.82) is 0 Å². The third-order valence-electron chi connectivity index (χ3n) is 5.61. The summed E-state index contributed by atoms with van der Waals surface area (Å²) in [6.45, 7) is 4.42. The maximum absolute atomic E-state index is 13.2. The summed E-state index contributed by atoms with van der Waals surface area (Å²) in [4.78, 5) is 39.7. The second kappa shape index (κ2) is 8.55. The summed E-state index contributed by atoms with van der Waals surface area (Å²) in [5.74, 6) is -1.02. The van der Waals surface area contributed by atoms with Gasteiger partial charge >= 0.3 is 5.97 Å². The average molecular weight is 381 g/mol. The van der Waals surface area contributed by atoms with Crippen LogP contribution in [0.2, 0.25) is 0 Å². The van der Waals surface area contributed by atoms with Crippen molar-refractivity contribution in [2.24, 2.45) is 11.8 Å². The highest BCUT2D eigenvalue weighted by Gasteiger charge is 2.39. The van der Waals surface area contributed by atoms with Crippen molar-refractivity contribution < 1.29 is 19.1 Å². The van der Waals surface area contributed by atoms with E-state index in [1.165, 1.54) is 7.11 Å². The molecule has 148 valence electrons. The highest BCUT2D eigenvalue weighted by atomic mass is 16.5. The lowest BCUT2D eigenvalue weighted by atomic mass is 9.87. The Hall–Kier alpha value is -2.69. The molecule has 0 bridgehead atoms. The third kappa shape index (κ3) is 4.08. The van der Waals surface area contributed by atoms with E-state index in [-0.39, 0.29) is 30.0 Å². The molecule has 28 heavy (non-hydrogen) atoms. The Kier molecular flexibility index (Phi) is 6.12. The van der Waals surface area contributed by atoms with E-state index in [1.807, 2.05) is 56.3 Å². The summed E-state index contributed by atoms with van der Waals surface area (Å²) in [5, 5.41) is 2.08. The highest BCUT2D eigenvalue weighted by molar-refractivity contribution is 6.02. The molecule has 5 heteroatoms. The van der Waals surface area contributed by atoms with E-state index >= 15 is 0 Å². The molecule has 0 aromatic heterocycles. The van der Waals surface area contributed by atoms with Crippen LogP contribution in [-0.2, 0) is 14.3 Å². The highest BCUT2D eigenvalue weighted by Crippen LogP contribution is 2.27. The number of hydrogen-bond acceptors (Lipinski definition) is 4. The van der Waals surface area contributed by atoms with Crippen molar-refractivity contribution in [3.05, 3.63) is 48.0 Å². The Morgan fingerprint density at radius 1 is 1.11 bits per heavy atom. The average Bonchev–Trinajstić information content (AvgIpc) is 3.20. The van der Waals surface area contributed by atoms with E-state index in [0.717, 1.165) is 17.2 Å². The molecule has 0 unspecified atom stereocenters. The molecular formula is C23H27NO4. The zero-order valence-electron chi connectivity index (χ0n) is 16.7. The van der Waals surface area contributed by atoms with E-state index in [4.69, 9.17) is 4.74 Å². The van der Waals surface area contributed by atoms with Crippen molar-refractivity contribution in [2.75, 3.05) is 13.7 Å². The van der Waals surface area contributed by atoms with Crippen LogP contribution in [0, 0.1) is 11.8 Å². The fraction of sp³-hybridized carbons (Fsp3) is 0.435. The molecule has 1 amide bonds. The topological polar surface area (TPSA) is 63.7 Å². The molecule has 3 rings (SSSR count). The lowest BCUT2D eigenvalue weighted by Gasteiger charge is -2.29. The number of likely N-dealkylation sites (tertiary alicyclic amines) is 1. The van der Waals surface area contributed by atoms with Crippen LogP contribution in [0.15, 0.2) is 42.5 Å². The Labute approximate surface area is 165 Å². The fourth-order valence-electron chi connectivity index (χ4n) is 3.91. The van der Waals surface area contributed by atoms with Gasteiger partial charge in [0.25, 0.3) is 0 Å². The maximum atomic E-state index is 13.2. The van der Waals surface area contributed by atoms with E-state index in [0.29, 0.717) is 18.5 Å². The van der Waals surface area contributed by atoms with Gasteiger partial charge in [0, 0.05) is 24.4 Å². The number of nitrogens with zero attached hydrogens (tertiary/aromatic N) is 1. The minimum absolute atomic E-state index is 0.00389. The van der Waals surface area contributed by atoms with Gasteiger partial charge in [-0.3, -0.25) is 9.59 Å². The van der Waals surface area contributed by atoms with Gasteiger partial charge < -0.3 is 9.64 Å². The number of fused-ring (bicyclic) bond motifs is 1. The number of carbonyl (C=O) groups is 3. The number of benzene rings is 2. The number of Topliss-reactive ketones (excluding diaryl/α,β-unsaturated/α-hetero) is 1. The normalized spacial score (nSPS) is 17.7. The number of ketones is 1. The van der Waals surface area contributed by atoms with Gasteiger partial charge in [-0.05, 0) is 35.6 Å². The quantitative estimate of drug-likeness (QED) is 0.563. The van der Waals surface area contributed by atoms with Crippen molar-refractivity contribution in [2.45, 2.75) is 39.2 Å². The first-order valence-corrected chi connectivity index (χ1v) is 9.82. The van der Waals surface area contributed by atoms with Gasteiger partial charge in [-0.15, -0.1) is 0 Å². The molecule has 1 fully saturated rings. The zero-order valence-corrected chi connectivity index (χ0v) is 16.7. The number of esters is 1. The second-order valence-electron chi connectivity index (χ2n) is 7.75. The molecule has 0 N–H and O–H groups in total. The van der Waals surface area contributed by atoms with Crippen LogP contribution in [0.5, 0.6) is 0 Å². The molecule has 0 saturated carbocycles. The van der Waals surface area contributed by atoms with Gasteiger partial charge in [-0.25, -0.2) is 4.79 Å². The van der Waals surface area contributed by atoms with E-state index < -0.39 is 12.0 Å². The van der Waals surface area contributed by atoms with Crippen LogP contribution < -0.4 is 0 Å². The summed E-state index contributed by atoms with van der Waals surface area (Å²) in [6, 6.07) is 13.0. The van der Waals surface area contributed by atoms with Crippen molar-refractivity contribution in [1.82, 2.24) is 4.90 Å². The van der Waals surface area contributed by atoms with Gasteiger partial charge in [-0.1, -0.05) is 50.2 Å². The summed E-state index contributed by atoms with van der Waals surface area (Å²) in [7, 11) is 1.34. The minimum atomic E-state index is -0.533. The van der Waals surface area contributed by atoms with Gasteiger partial charge in [0.1, 0.15) is 6.04 Å². The second-order valence-corrected chi connectivity index (χ2v) is 7.75. The molecule has 1 aliphatic rings. The van der Waals surface area contributed by atoms with Gasteiger partial charge in [0.2, 0.25) is 5.91 Å². The summed E-state index contributed by atoms with van der Waals surface area (Å²) >= 11 is 0. The number of methoxy groups -OCH3 is 1. The number of amides is 1. The molecular weight excluding hydrogens is 354 g/mol. The number of ether oxygens (including phenoxy) is 1. The van der Waals surface area contributed by atoms with Gasteiger partial charge in [0.15, 0.2) is 5.78 Å². The zero-order chi connectivity index (χ0) is 20.3. The lowest BCUT2D eigenvalue weighted by Crippen LogP contribution is -2.45. The minimum Gasteiger partial charge on any atom is -0.467 e. The Bertz CT molecular complexity index is 889. The smallest absolute Gasteiger partial charge is 0.328 e. The van der Waals surface area contributed by atoms with E-state index in [1.54, 1.807) is 4.90 Å². The molecule has 0 radical (unpaired) electrons. The molecule has 1 heterocycles. The maximum Gasteiger partial charge on any atom is 0.328 e. The molecule has 2 aromatic rings. The fourth-order valence-corrected chi connectivity index (χ4v) is 3.91.